The van der Waals surface area contributed by atoms with Crippen LogP contribution in [0.1, 0.15) is 81.3 Å². The van der Waals surface area contributed by atoms with E-state index in [0.717, 1.165) is 25.3 Å². The molecule has 0 aromatic heterocycles. The summed E-state index contributed by atoms with van der Waals surface area (Å²) in [4.78, 5) is 27.8. The van der Waals surface area contributed by atoms with Gasteiger partial charge in [0, 0.05) is 49.4 Å². The molecule has 2 aliphatic heterocycles. The van der Waals surface area contributed by atoms with Crippen LogP contribution in [0.15, 0.2) is 48.5 Å². The fourth-order valence-electron chi connectivity index (χ4n) is 6.50. The van der Waals surface area contributed by atoms with Gasteiger partial charge >= 0.3 is 6.09 Å². The van der Waals surface area contributed by atoms with Crippen molar-refractivity contribution < 1.29 is 42.1 Å². The number of carbonyl (C=O) groups is 2. The van der Waals surface area contributed by atoms with Crippen molar-refractivity contribution in [3.63, 3.8) is 0 Å². The molecule has 1 fully saturated rings. The smallest absolute Gasteiger partial charge is 0.410 e. The summed E-state index contributed by atoms with van der Waals surface area (Å²) in [5.41, 5.74) is -1.37. The van der Waals surface area contributed by atoms with E-state index >= 15 is 8.78 Å². The summed E-state index contributed by atoms with van der Waals surface area (Å²) in [5.74, 6) is -3.12. The maximum Gasteiger partial charge on any atom is 0.410 e. The lowest BCUT2D eigenvalue weighted by atomic mass is 9.77. The lowest BCUT2D eigenvalue weighted by Gasteiger charge is -2.37. The fourth-order valence-corrected chi connectivity index (χ4v) is 6.75. The fraction of sp³-hybridized carbons (Fsp3) is 0.474. The highest BCUT2D eigenvalue weighted by atomic mass is 35.5. The average Bonchev–Trinajstić information content (AvgIpc) is 3.35. The van der Waals surface area contributed by atoms with E-state index in [4.69, 9.17) is 35.3 Å². The number of halogens is 3. The number of amides is 2. The van der Waals surface area contributed by atoms with Crippen LogP contribution in [0.2, 0.25) is 5.02 Å². The third kappa shape index (κ3) is 7.70. The van der Waals surface area contributed by atoms with Crippen molar-refractivity contribution in [1.29, 1.82) is 0 Å². The van der Waals surface area contributed by atoms with Crippen molar-refractivity contribution in [2.75, 3.05) is 33.9 Å². The van der Waals surface area contributed by atoms with Crippen LogP contribution < -0.4 is 14.8 Å². The largest absolute Gasteiger partial charge is 0.488 e. The molecule has 1 saturated heterocycles. The predicted octanol–water partition coefficient (Wildman–Crippen LogP) is 8.21. The molecule has 3 aromatic rings. The van der Waals surface area contributed by atoms with Crippen LogP contribution in [-0.4, -0.2) is 68.7 Å². The highest BCUT2D eigenvalue weighted by Gasteiger charge is 2.51. The van der Waals surface area contributed by atoms with Gasteiger partial charge in [-0.3, -0.25) is 4.79 Å². The zero-order chi connectivity index (χ0) is 36.4. The Morgan fingerprint density at radius 1 is 1.12 bits per heavy atom. The number of hydrogen-bond acceptors (Lipinski definition) is 7. The van der Waals surface area contributed by atoms with Gasteiger partial charge in [0.1, 0.15) is 23.8 Å². The van der Waals surface area contributed by atoms with Gasteiger partial charge in [-0.15, -0.1) is 0 Å². The highest BCUT2D eigenvalue weighted by Crippen LogP contribution is 2.57. The molecule has 0 spiro atoms. The van der Waals surface area contributed by atoms with Crippen LogP contribution in [0.3, 0.4) is 0 Å². The van der Waals surface area contributed by atoms with Crippen LogP contribution in [-0.2, 0) is 19.8 Å². The third-order valence-electron chi connectivity index (χ3n) is 8.91. The molecular weight excluding hydrogens is 670 g/mol. The van der Waals surface area contributed by atoms with E-state index in [1.807, 2.05) is 37.3 Å². The Morgan fingerprint density at radius 2 is 1.84 bits per heavy atom. The second-order valence-corrected chi connectivity index (χ2v) is 14.2. The maximum atomic E-state index is 16.9. The summed E-state index contributed by atoms with van der Waals surface area (Å²) in [7, 11) is 3.00. The van der Waals surface area contributed by atoms with Gasteiger partial charge in [-0.25, -0.2) is 13.6 Å². The average molecular weight is 715 g/mol. The number of nitrogens with zero attached hydrogens (tertiary/aromatic N) is 1. The van der Waals surface area contributed by atoms with Gasteiger partial charge in [0.15, 0.2) is 23.5 Å². The van der Waals surface area contributed by atoms with Crippen molar-refractivity contribution in [3.05, 3.63) is 81.9 Å². The van der Waals surface area contributed by atoms with Gasteiger partial charge in [-0.2, -0.15) is 0 Å². The van der Waals surface area contributed by atoms with Gasteiger partial charge in [0.25, 0.3) is 5.91 Å². The van der Waals surface area contributed by atoms with Gasteiger partial charge in [-0.1, -0.05) is 48.9 Å². The normalized spacial score (nSPS) is 20.8. The van der Waals surface area contributed by atoms with Crippen LogP contribution in [0, 0.1) is 11.6 Å². The van der Waals surface area contributed by atoms with E-state index in [1.165, 1.54) is 24.1 Å². The molecule has 3 aromatic carbocycles. The molecule has 2 aliphatic rings. The zero-order valence-electron chi connectivity index (χ0n) is 29.5. The Morgan fingerprint density at radius 3 is 2.48 bits per heavy atom. The molecule has 0 aliphatic carbocycles. The number of benzene rings is 3. The van der Waals surface area contributed by atoms with Crippen LogP contribution >= 0.6 is 11.6 Å². The number of fused-ring (bicyclic) bond motifs is 1. The number of nitrogens with one attached hydrogen (secondary N) is 1. The summed E-state index contributed by atoms with van der Waals surface area (Å²) >= 11 is 6.74. The molecule has 0 radical (unpaired) electrons. The first-order valence-corrected chi connectivity index (χ1v) is 17.2. The minimum atomic E-state index is -1.28. The molecule has 2 amide bonds. The molecule has 0 saturated carbocycles. The predicted molar refractivity (Wildman–Crippen MR) is 186 cm³/mol. The number of hydrogen-bond donors (Lipinski definition) is 1. The van der Waals surface area contributed by atoms with E-state index < -0.39 is 51.9 Å². The topological polar surface area (TPSA) is 95.6 Å². The SMILES string of the molecule is CNC(=O)c1ccc(OC[C@H](C)O[C@H]2CCCCO2)c(F)c1-c1c(Cl)c(F)cc2c1C(C)C(CN(C)C(=O)OC(C)(C)C)(c1ccccc1)O2. The van der Waals surface area contributed by atoms with Crippen LogP contribution in [0.4, 0.5) is 13.6 Å². The van der Waals surface area contributed by atoms with Crippen molar-refractivity contribution >= 4 is 23.6 Å². The van der Waals surface area contributed by atoms with E-state index in [1.54, 1.807) is 34.7 Å². The first-order chi connectivity index (χ1) is 23.7. The summed E-state index contributed by atoms with van der Waals surface area (Å²) in [6.07, 6.45) is 1.32. The lowest BCUT2D eigenvalue weighted by Crippen LogP contribution is -2.47. The number of carbonyl (C=O) groups excluding carboxylic acids is 2. The molecule has 50 heavy (non-hydrogen) atoms. The minimum Gasteiger partial charge on any atom is -0.488 e. The Bertz CT molecular complexity index is 1710. The van der Waals surface area contributed by atoms with Gasteiger partial charge in [0.2, 0.25) is 0 Å². The molecule has 5 rings (SSSR count). The van der Waals surface area contributed by atoms with Gasteiger partial charge < -0.3 is 33.9 Å². The van der Waals surface area contributed by atoms with Crippen LogP contribution in [0.5, 0.6) is 11.5 Å². The molecule has 12 heteroatoms. The molecular formula is C38H45ClF2N2O7. The summed E-state index contributed by atoms with van der Waals surface area (Å²) in [5, 5.41) is 2.15. The van der Waals surface area contributed by atoms with Crippen molar-refractivity contribution in [1.82, 2.24) is 10.2 Å². The van der Waals surface area contributed by atoms with Crippen molar-refractivity contribution in [3.8, 4) is 22.6 Å². The third-order valence-corrected chi connectivity index (χ3v) is 9.28. The Balaban J connectivity index is 1.60. The molecule has 9 nitrogen and oxygen atoms in total. The molecule has 4 atom stereocenters. The van der Waals surface area contributed by atoms with Crippen molar-refractivity contribution in [2.45, 2.75) is 83.4 Å². The number of ether oxygens (including phenoxy) is 5. The quantitative estimate of drug-likeness (QED) is 0.226. The van der Waals surface area contributed by atoms with Crippen molar-refractivity contribution in [2.24, 2.45) is 0 Å². The maximum absolute atomic E-state index is 16.9. The number of rotatable bonds is 10. The molecule has 1 N–H and O–H groups in total. The Labute approximate surface area is 297 Å². The summed E-state index contributed by atoms with van der Waals surface area (Å²) in [6, 6.07) is 13.1. The molecule has 2 heterocycles. The van der Waals surface area contributed by atoms with Crippen LogP contribution in [0.25, 0.3) is 11.1 Å². The first-order valence-electron chi connectivity index (χ1n) is 16.8. The molecule has 0 bridgehead atoms. The minimum absolute atomic E-state index is 0.0157. The van der Waals surface area contributed by atoms with Gasteiger partial charge in [-0.05, 0) is 64.7 Å². The first kappa shape index (κ1) is 37.3. The second kappa shape index (κ2) is 15.1. The second-order valence-electron chi connectivity index (χ2n) is 13.8. The highest BCUT2D eigenvalue weighted by molar-refractivity contribution is 6.34. The summed E-state index contributed by atoms with van der Waals surface area (Å²) in [6.45, 7) is 9.51. The standard InChI is InChI=1S/C38H45ClF2N2O7/c1-22(48-29-15-11-12-18-46-29)20-47-27-17-16-25(35(44)42-6)31(34(27)41)32-30-23(2)38(24-13-9-8-10-14-24,49-28(30)19-26(40)33(32)39)21-43(7)36(45)50-37(3,4)5/h8-10,13-14,16-17,19,22-23,29H,11-12,15,18,20-21H2,1-7H3,(H,42,44)/t22-,23?,29-,38?/m0/s1. The lowest BCUT2D eigenvalue weighted by molar-refractivity contribution is -0.189. The summed E-state index contributed by atoms with van der Waals surface area (Å²) < 4.78 is 62.5. The van der Waals surface area contributed by atoms with Gasteiger partial charge in [0.05, 0.1) is 23.2 Å². The molecule has 270 valence electrons. The number of likely N-dealkylation sites (N-methyl/N-ethyl adjacent to an activating group) is 1. The monoisotopic (exact) mass is 714 g/mol. The molecule has 2 unspecified atom stereocenters. The van der Waals surface area contributed by atoms with E-state index in [-0.39, 0.29) is 47.6 Å². The van der Waals surface area contributed by atoms with E-state index in [0.29, 0.717) is 17.7 Å². The Hall–Kier alpha value is -3.93. The Kier molecular flexibility index (Phi) is 11.3. The van der Waals surface area contributed by atoms with E-state index in [9.17, 15) is 9.59 Å². The van der Waals surface area contributed by atoms with E-state index in [2.05, 4.69) is 5.32 Å². The zero-order valence-corrected chi connectivity index (χ0v) is 30.3.